The lowest BCUT2D eigenvalue weighted by Gasteiger charge is -2.28. The van der Waals surface area contributed by atoms with Crippen molar-refractivity contribution in [2.75, 3.05) is 20.2 Å². The van der Waals surface area contributed by atoms with Gasteiger partial charge in [0.25, 0.3) is 0 Å². The highest BCUT2D eigenvalue weighted by Gasteiger charge is 2.23. The molecule has 0 radical (unpaired) electrons. The summed E-state index contributed by atoms with van der Waals surface area (Å²) in [4.78, 5) is 17.0. The summed E-state index contributed by atoms with van der Waals surface area (Å²) < 4.78 is 7.41. The lowest BCUT2D eigenvalue weighted by atomic mass is 10.1. The van der Waals surface area contributed by atoms with Crippen LogP contribution >= 0.6 is 23.1 Å². The summed E-state index contributed by atoms with van der Waals surface area (Å²) in [6.45, 7) is 1.23. The Morgan fingerprint density at radius 1 is 1.48 bits per heavy atom. The van der Waals surface area contributed by atoms with Crippen molar-refractivity contribution in [3.63, 3.8) is 0 Å². The Kier molecular flexibility index (Phi) is 4.21. The van der Waals surface area contributed by atoms with Crippen LogP contribution in [0.4, 0.5) is 4.79 Å². The number of carboxylic acid groups (broad SMARTS) is 1. The Hall–Kier alpha value is -1.47. The summed E-state index contributed by atoms with van der Waals surface area (Å²) in [5.74, 6) is 0.819. The van der Waals surface area contributed by atoms with Crippen LogP contribution in [-0.4, -0.2) is 46.5 Å². The predicted molar refractivity (Wildman–Crippen MR) is 84.6 cm³/mol. The SMILES string of the molecule is COc1ccc2sc(SC3CCN(C(=O)O)CC3)nc2c1. The monoisotopic (exact) mass is 324 g/mol. The van der Waals surface area contributed by atoms with Gasteiger partial charge in [-0.3, -0.25) is 0 Å². The number of thioether (sulfide) groups is 1. The molecule has 3 rings (SSSR count). The standard InChI is InChI=1S/C14H16N2O3S2/c1-19-9-2-3-12-11(8-9)15-13(21-12)20-10-4-6-16(7-5-10)14(17)18/h2-3,8,10H,4-7H2,1H3,(H,17,18). The van der Waals surface area contributed by atoms with E-state index in [0.717, 1.165) is 33.1 Å². The zero-order valence-electron chi connectivity index (χ0n) is 11.6. The van der Waals surface area contributed by atoms with Gasteiger partial charge in [0, 0.05) is 24.4 Å². The molecule has 2 heterocycles. The van der Waals surface area contributed by atoms with Crippen LogP contribution < -0.4 is 4.74 Å². The van der Waals surface area contributed by atoms with Crippen molar-refractivity contribution in [2.45, 2.75) is 22.4 Å². The molecule has 2 aromatic rings. The normalized spacial score (nSPS) is 16.3. The lowest BCUT2D eigenvalue weighted by molar-refractivity contribution is 0.136. The second kappa shape index (κ2) is 6.11. The van der Waals surface area contributed by atoms with Crippen LogP contribution in [0.15, 0.2) is 22.5 Å². The molecule has 112 valence electrons. The van der Waals surface area contributed by atoms with E-state index >= 15 is 0 Å². The molecule has 5 nitrogen and oxygen atoms in total. The Balaban J connectivity index is 1.67. The van der Waals surface area contributed by atoms with Crippen molar-refractivity contribution in [1.29, 1.82) is 0 Å². The molecule has 1 fully saturated rings. The van der Waals surface area contributed by atoms with Gasteiger partial charge in [0.05, 0.1) is 17.3 Å². The Labute approximate surface area is 130 Å². The van der Waals surface area contributed by atoms with E-state index in [1.807, 2.05) is 18.2 Å². The van der Waals surface area contributed by atoms with Crippen molar-refractivity contribution in [3.05, 3.63) is 18.2 Å². The van der Waals surface area contributed by atoms with Gasteiger partial charge in [-0.15, -0.1) is 11.3 Å². The molecular weight excluding hydrogens is 308 g/mol. The van der Waals surface area contributed by atoms with Crippen molar-refractivity contribution >= 4 is 39.4 Å². The molecular formula is C14H16N2O3S2. The second-order valence-electron chi connectivity index (χ2n) is 4.90. The number of carbonyl (C=O) groups is 1. The molecule has 1 aliphatic heterocycles. The average molecular weight is 324 g/mol. The largest absolute Gasteiger partial charge is 0.497 e. The van der Waals surface area contributed by atoms with E-state index in [9.17, 15) is 4.79 Å². The van der Waals surface area contributed by atoms with Crippen molar-refractivity contribution in [1.82, 2.24) is 9.88 Å². The zero-order chi connectivity index (χ0) is 14.8. The molecule has 21 heavy (non-hydrogen) atoms. The molecule has 1 amide bonds. The van der Waals surface area contributed by atoms with Crippen LogP contribution in [0.3, 0.4) is 0 Å². The van der Waals surface area contributed by atoms with Crippen molar-refractivity contribution < 1.29 is 14.6 Å². The third kappa shape index (κ3) is 3.24. The maximum absolute atomic E-state index is 10.9. The maximum atomic E-state index is 10.9. The first kappa shape index (κ1) is 14.5. The van der Waals surface area contributed by atoms with E-state index < -0.39 is 6.09 Å². The number of piperidine rings is 1. The smallest absolute Gasteiger partial charge is 0.407 e. The molecule has 0 spiro atoms. The molecule has 0 unspecified atom stereocenters. The van der Waals surface area contributed by atoms with Gasteiger partial charge < -0.3 is 14.7 Å². The molecule has 1 aromatic carbocycles. The highest BCUT2D eigenvalue weighted by atomic mass is 32.2. The Bertz CT molecular complexity index is 651. The van der Waals surface area contributed by atoms with Gasteiger partial charge >= 0.3 is 6.09 Å². The number of benzene rings is 1. The number of methoxy groups -OCH3 is 1. The first-order valence-corrected chi connectivity index (χ1v) is 8.44. The van der Waals surface area contributed by atoms with Gasteiger partial charge in [0.1, 0.15) is 5.75 Å². The summed E-state index contributed by atoms with van der Waals surface area (Å²) in [5.41, 5.74) is 0.963. The Morgan fingerprint density at radius 2 is 2.24 bits per heavy atom. The van der Waals surface area contributed by atoms with E-state index in [1.165, 1.54) is 4.90 Å². The van der Waals surface area contributed by atoms with Crippen LogP contribution in [0.2, 0.25) is 0 Å². The number of nitrogens with zero attached hydrogens (tertiary/aromatic N) is 2. The number of thiazole rings is 1. The summed E-state index contributed by atoms with van der Waals surface area (Å²) in [6, 6.07) is 5.92. The van der Waals surface area contributed by atoms with Crippen LogP contribution in [0, 0.1) is 0 Å². The van der Waals surface area contributed by atoms with Crippen LogP contribution in [-0.2, 0) is 0 Å². The van der Waals surface area contributed by atoms with E-state index in [4.69, 9.17) is 9.84 Å². The molecule has 0 bridgehead atoms. The number of hydrogen-bond acceptors (Lipinski definition) is 5. The molecule has 1 aliphatic rings. The molecule has 1 aromatic heterocycles. The summed E-state index contributed by atoms with van der Waals surface area (Å²) in [7, 11) is 1.65. The highest BCUT2D eigenvalue weighted by molar-refractivity contribution is 8.01. The fourth-order valence-corrected chi connectivity index (χ4v) is 4.80. The molecule has 0 saturated carbocycles. The number of likely N-dealkylation sites (tertiary alicyclic amines) is 1. The minimum Gasteiger partial charge on any atom is -0.497 e. The van der Waals surface area contributed by atoms with Crippen LogP contribution in [0.1, 0.15) is 12.8 Å². The highest BCUT2D eigenvalue weighted by Crippen LogP contribution is 2.36. The maximum Gasteiger partial charge on any atom is 0.407 e. The van der Waals surface area contributed by atoms with Crippen LogP contribution in [0.25, 0.3) is 10.2 Å². The molecule has 0 atom stereocenters. The second-order valence-corrected chi connectivity index (χ2v) is 7.48. The molecule has 1 saturated heterocycles. The first-order valence-electron chi connectivity index (χ1n) is 6.75. The fourth-order valence-electron chi connectivity index (χ4n) is 2.37. The molecule has 1 N–H and O–H groups in total. The quantitative estimate of drug-likeness (QED) is 0.935. The number of aromatic nitrogens is 1. The third-order valence-electron chi connectivity index (χ3n) is 3.56. The third-order valence-corrected chi connectivity index (χ3v) is 6.02. The van der Waals surface area contributed by atoms with Crippen molar-refractivity contribution in [2.24, 2.45) is 0 Å². The van der Waals surface area contributed by atoms with Gasteiger partial charge in [0.2, 0.25) is 0 Å². The number of rotatable bonds is 3. The summed E-state index contributed by atoms with van der Waals surface area (Å²) >= 11 is 3.45. The van der Waals surface area contributed by atoms with E-state index in [0.29, 0.717) is 18.3 Å². The van der Waals surface area contributed by atoms with Gasteiger partial charge in [-0.2, -0.15) is 0 Å². The van der Waals surface area contributed by atoms with Gasteiger partial charge in [-0.25, -0.2) is 9.78 Å². The Morgan fingerprint density at radius 3 is 2.90 bits per heavy atom. The van der Waals surface area contributed by atoms with Gasteiger partial charge in [-0.1, -0.05) is 11.8 Å². The number of amides is 1. The van der Waals surface area contributed by atoms with E-state index in [1.54, 1.807) is 30.2 Å². The molecule has 0 aliphatic carbocycles. The summed E-state index contributed by atoms with van der Waals surface area (Å²) in [5, 5.41) is 9.40. The first-order chi connectivity index (χ1) is 10.2. The minimum absolute atomic E-state index is 0.447. The zero-order valence-corrected chi connectivity index (χ0v) is 13.2. The van der Waals surface area contributed by atoms with Crippen molar-refractivity contribution in [3.8, 4) is 5.75 Å². The van der Waals surface area contributed by atoms with Gasteiger partial charge in [0.15, 0.2) is 4.34 Å². The number of ether oxygens (including phenoxy) is 1. The van der Waals surface area contributed by atoms with Crippen LogP contribution in [0.5, 0.6) is 5.75 Å². The summed E-state index contributed by atoms with van der Waals surface area (Å²) in [6.07, 6.45) is 0.956. The predicted octanol–water partition coefficient (Wildman–Crippen LogP) is 3.54. The topological polar surface area (TPSA) is 62.7 Å². The number of hydrogen-bond donors (Lipinski definition) is 1. The van der Waals surface area contributed by atoms with E-state index in [-0.39, 0.29) is 0 Å². The lowest BCUT2D eigenvalue weighted by Crippen LogP contribution is -2.38. The fraction of sp³-hybridized carbons (Fsp3) is 0.429. The van der Waals surface area contributed by atoms with E-state index in [2.05, 4.69) is 4.98 Å². The van der Waals surface area contributed by atoms with Gasteiger partial charge in [-0.05, 0) is 25.0 Å². The number of fused-ring (bicyclic) bond motifs is 1. The average Bonchev–Trinajstić information content (AvgIpc) is 2.88. The minimum atomic E-state index is -0.814. The molecule has 7 heteroatoms.